The van der Waals surface area contributed by atoms with Gasteiger partial charge in [0, 0.05) is 6.54 Å². The van der Waals surface area contributed by atoms with Crippen LogP contribution >= 0.6 is 0 Å². The molecule has 0 aliphatic carbocycles. The lowest BCUT2D eigenvalue weighted by Gasteiger charge is -2.47. The van der Waals surface area contributed by atoms with Crippen LogP contribution in [0.15, 0.2) is 12.7 Å². The van der Waals surface area contributed by atoms with E-state index >= 15 is 0 Å². The van der Waals surface area contributed by atoms with Crippen molar-refractivity contribution in [3.63, 3.8) is 0 Å². The summed E-state index contributed by atoms with van der Waals surface area (Å²) in [5.41, 5.74) is 4.21. The minimum Gasteiger partial charge on any atom is -0.445 e. The van der Waals surface area contributed by atoms with Crippen LogP contribution in [0.4, 0.5) is 9.59 Å². The van der Waals surface area contributed by atoms with Gasteiger partial charge in [0.25, 0.3) is 0 Å². The van der Waals surface area contributed by atoms with Gasteiger partial charge in [0.05, 0.1) is 25.7 Å². The zero-order valence-electron chi connectivity index (χ0n) is 17.5. The monoisotopic (exact) mass is 414 g/mol. The Morgan fingerprint density at radius 2 is 1.90 bits per heavy atom. The van der Waals surface area contributed by atoms with E-state index in [-0.39, 0.29) is 32.1 Å². The molecule has 0 bridgehead atoms. The van der Waals surface area contributed by atoms with Gasteiger partial charge in [0.15, 0.2) is 0 Å². The predicted molar refractivity (Wildman–Crippen MR) is 107 cm³/mol. The van der Waals surface area contributed by atoms with Gasteiger partial charge in [-0.2, -0.15) is 0 Å². The first kappa shape index (κ1) is 24.7. The number of carbonyl (C=O) groups excluding carboxylic acids is 3. The quantitative estimate of drug-likeness (QED) is 0.301. The maximum absolute atomic E-state index is 12.3. The van der Waals surface area contributed by atoms with Crippen LogP contribution in [-0.2, 0) is 14.3 Å². The standard InChI is InChI=1S/C19H34N4O6/c1-5-10-28-16(25)22-11-19(27)12-23(13-19)15(24)14(20)8-6-7-9-21-17(26)29-18(2,3)4/h5,14,27H,1,6-13,20H2,2-4H3,(H,21,26)(H,22,25)/t14-/m0/s1. The van der Waals surface area contributed by atoms with Gasteiger partial charge in [-0.05, 0) is 40.0 Å². The van der Waals surface area contributed by atoms with Gasteiger partial charge in [-0.3, -0.25) is 4.79 Å². The van der Waals surface area contributed by atoms with Gasteiger partial charge in [-0.15, -0.1) is 0 Å². The molecule has 10 heteroatoms. The number of rotatable bonds is 10. The Kier molecular flexibility index (Phi) is 9.38. The molecule has 166 valence electrons. The summed E-state index contributed by atoms with van der Waals surface area (Å²) in [5.74, 6) is -0.246. The second kappa shape index (κ2) is 11.0. The van der Waals surface area contributed by atoms with Crippen LogP contribution in [0.2, 0.25) is 0 Å². The third-order valence-electron chi connectivity index (χ3n) is 4.10. The number of hydrogen-bond donors (Lipinski definition) is 4. The number of amides is 3. The van der Waals surface area contributed by atoms with Crippen molar-refractivity contribution in [3.05, 3.63) is 12.7 Å². The molecular weight excluding hydrogens is 380 g/mol. The molecule has 0 saturated carbocycles. The Balaban J connectivity index is 2.18. The van der Waals surface area contributed by atoms with Crippen LogP contribution in [0.3, 0.4) is 0 Å². The minimum absolute atomic E-state index is 0.0155. The molecule has 0 aromatic carbocycles. The number of unbranched alkanes of at least 4 members (excludes halogenated alkanes) is 1. The number of nitrogens with zero attached hydrogens (tertiary/aromatic N) is 1. The van der Waals surface area contributed by atoms with Gasteiger partial charge < -0.3 is 35.8 Å². The second-order valence-corrected chi connectivity index (χ2v) is 8.19. The molecule has 0 radical (unpaired) electrons. The van der Waals surface area contributed by atoms with Crippen LogP contribution in [0.25, 0.3) is 0 Å². The fraction of sp³-hybridized carbons (Fsp3) is 0.737. The van der Waals surface area contributed by atoms with Crippen LogP contribution in [0.5, 0.6) is 0 Å². The Labute approximate surface area is 171 Å². The van der Waals surface area contributed by atoms with Crippen LogP contribution < -0.4 is 16.4 Å². The molecule has 1 rings (SSSR count). The number of hydrogen-bond acceptors (Lipinski definition) is 7. The highest BCUT2D eigenvalue weighted by molar-refractivity contribution is 5.82. The van der Waals surface area contributed by atoms with E-state index in [1.165, 1.54) is 11.0 Å². The highest BCUT2D eigenvalue weighted by Gasteiger charge is 2.44. The molecule has 0 spiro atoms. The molecule has 1 aliphatic rings. The summed E-state index contributed by atoms with van der Waals surface area (Å²) < 4.78 is 9.89. The number of aliphatic hydroxyl groups is 1. The zero-order chi connectivity index (χ0) is 22.1. The van der Waals surface area contributed by atoms with Gasteiger partial charge in [-0.1, -0.05) is 12.7 Å². The largest absolute Gasteiger partial charge is 0.445 e. The molecule has 0 aromatic rings. The molecule has 0 unspecified atom stereocenters. The first-order chi connectivity index (χ1) is 13.5. The van der Waals surface area contributed by atoms with Gasteiger partial charge >= 0.3 is 12.2 Å². The third kappa shape index (κ3) is 9.62. The van der Waals surface area contributed by atoms with E-state index in [0.29, 0.717) is 25.8 Å². The summed E-state index contributed by atoms with van der Waals surface area (Å²) >= 11 is 0. The van der Waals surface area contributed by atoms with E-state index in [4.69, 9.17) is 15.2 Å². The van der Waals surface area contributed by atoms with Crippen molar-refractivity contribution >= 4 is 18.1 Å². The van der Waals surface area contributed by atoms with Gasteiger partial charge in [0.1, 0.15) is 17.8 Å². The number of β-amino-alcohol motifs (C(OH)–C–C–N with tert-alkyl or cyclic N) is 1. The molecule has 1 saturated heterocycles. The average Bonchev–Trinajstić information content (AvgIpc) is 2.59. The lowest BCUT2D eigenvalue weighted by Crippen LogP contribution is -2.69. The van der Waals surface area contributed by atoms with E-state index in [9.17, 15) is 19.5 Å². The molecule has 1 heterocycles. The first-order valence-corrected chi connectivity index (χ1v) is 9.71. The summed E-state index contributed by atoms with van der Waals surface area (Å²) in [5, 5.41) is 15.4. The van der Waals surface area contributed by atoms with Gasteiger partial charge in [-0.25, -0.2) is 9.59 Å². The number of carbonyl (C=O) groups is 3. The molecule has 10 nitrogen and oxygen atoms in total. The maximum atomic E-state index is 12.3. The summed E-state index contributed by atoms with van der Waals surface area (Å²) in [4.78, 5) is 36.7. The minimum atomic E-state index is -1.18. The highest BCUT2D eigenvalue weighted by atomic mass is 16.6. The lowest BCUT2D eigenvalue weighted by atomic mass is 9.92. The summed E-state index contributed by atoms with van der Waals surface area (Å²) in [6.07, 6.45) is 2.11. The van der Waals surface area contributed by atoms with Crippen LogP contribution in [-0.4, -0.2) is 78.1 Å². The molecule has 29 heavy (non-hydrogen) atoms. The molecule has 3 amide bonds. The highest BCUT2D eigenvalue weighted by Crippen LogP contribution is 2.21. The van der Waals surface area contributed by atoms with Crippen molar-refractivity contribution in [1.82, 2.24) is 15.5 Å². The average molecular weight is 415 g/mol. The number of alkyl carbamates (subject to hydrolysis) is 2. The van der Waals surface area contributed by atoms with Crippen molar-refractivity contribution < 1.29 is 29.0 Å². The summed E-state index contributed by atoms with van der Waals surface area (Å²) in [6.45, 7) is 9.50. The van der Waals surface area contributed by atoms with Crippen molar-refractivity contribution in [2.24, 2.45) is 5.73 Å². The first-order valence-electron chi connectivity index (χ1n) is 9.71. The maximum Gasteiger partial charge on any atom is 0.407 e. The van der Waals surface area contributed by atoms with Crippen molar-refractivity contribution in [3.8, 4) is 0 Å². The van der Waals surface area contributed by atoms with E-state index in [1.54, 1.807) is 20.8 Å². The molecule has 5 N–H and O–H groups in total. The molecule has 0 aromatic heterocycles. The van der Waals surface area contributed by atoms with E-state index in [0.717, 1.165) is 0 Å². The molecule has 1 aliphatic heterocycles. The topological polar surface area (TPSA) is 143 Å². The fourth-order valence-corrected chi connectivity index (χ4v) is 2.71. The summed E-state index contributed by atoms with van der Waals surface area (Å²) in [7, 11) is 0. The third-order valence-corrected chi connectivity index (χ3v) is 4.10. The van der Waals surface area contributed by atoms with Crippen molar-refractivity contribution in [1.29, 1.82) is 0 Å². The summed E-state index contributed by atoms with van der Waals surface area (Å²) in [6, 6.07) is -0.674. The number of ether oxygens (including phenoxy) is 2. The Morgan fingerprint density at radius 1 is 1.24 bits per heavy atom. The van der Waals surface area contributed by atoms with Crippen molar-refractivity contribution in [2.45, 2.75) is 57.3 Å². The van der Waals surface area contributed by atoms with E-state index < -0.39 is 29.4 Å². The zero-order valence-corrected chi connectivity index (χ0v) is 17.5. The van der Waals surface area contributed by atoms with Crippen LogP contribution in [0, 0.1) is 0 Å². The predicted octanol–water partition coefficient (Wildman–Crippen LogP) is 0.494. The normalized spacial score (nSPS) is 16.2. The molecule has 1 atom stereocenters. The Morgan fingerprint density at radius 3 is 2.48 bits per heavy atom. The smallest absolute Gasteiger partial charge is 0.407 e. The van der Waals surface area contributed by atoms with E-state index in [2.05, 4.69) is 17.2 Å². The number of nitrogens with one attached hydrogen (secondary N) is 2. The lowest BCUT2D eigenvalue weighted by molar-refractivity contribution is -0.155. The Hall–Kier alpha value is -2.33. The second-order valence-electron chi connectivity index (χ2n) is 8.19. The van der Waals surface area contributed by atoms with Gasteiger partial charge in [0.2, 0.25) is 5.91 Å². The Bertz CT molecular complexity index is 584. The number of nitrogens with two attached hydrogens (primary N) is 1. The van der Waals surface area contributed by atoms with Crippen LogP contribution in [0.1, 0.15) is 40.0 Å². The van der Waals surface area contributed by atoms with Crippen molar-refractivity contribution in [2.75, 3.05) is 32.8 Å². The molecule has 1 fully saturated rings. The fourth-order valence-electron chi connectivity index (χ4n) is 2.71. The molecular formula is C19H34N4O6. The SMILES string of the molecule is C=CCOC(=O)NCC1(O)CN(C(=O)[C@@H](N)CCCCNC(=O)OC(C)(C)C)C1. The van der Waals surface area contributed by atoms with E-state index in [1.807, 2.05) is 0 Å². The number of likely N-dealkylation sites (tertiary alicyclic amines) is 1.